The van der Waals surface area contributed by atoms with E-state index in [1.165, 1.54) is 60.8 Å². The lowest BCUT2D eigenvalue weighted by molar-refractivity contribution is 0.0813. The highest BCUT2D eigenvalue weighted by molar-refractivity contribution is 5.34. The lowest BCUT2D eigenvalue weighted by atomic mass is 9.61. The first kappa shape index (κ1) is 59.7. The number of allylic oxidation sites excluding steroid dienone is 2. The summed E-state index contributed by atoms with van der Waals surface area (Å²) < 4.78 is 0. The smallest absolute Gasteiger partial charge is 0.00427 e. The van der Waals surface area contributed by atoms with Crippen LogP contribution in [0.3, 0.4) is 0 Å². The van der Waals surface area contributed by atoms with Crippen molar-refractivity contribution >= 4 is 0 Å². The van der Waals surface area contributed by atoms with Crippen LogP contribution < -0.4 is 0 Å². The number of rotatable bonds is 9. The molecule has 0 radical (unpaired) electrons. The van der Waals surface area contributed by atoms with E-state index in [2.05, 4.69) is 225 Å². The van der Waals surface area contributed by atoms with Crippen LogP contribution in [0.4, 0.5) is 0 Å². The Labute approximate surface area is 387 Å². The van der Waals surface area contributed by atoms with Crippen LogP contribution in [0.5, 0.6) is 0 Å². The van der Waals surface area contributed by atoms with E-state index in [0.717, 1.165) is 37.0 Å². The van der Waals surface area contributed by atoms with Gasteiger partial charge in [0.05, 0.1) is 0 Å². The molecule has 1 aliphatic rings. The standard InChI is InChI=1S/C21H42.C21H36.C19H36/c2*1-19(2,3)13-16-10-11-17(14-20(4,5)6)18(12-16)15-21(7,8)9;1-13(17(4,5)6)16(14(2)18(7,8)9)15(3)19(10,11)12/h16-18H,10-15H2,1-9H3;10-12H,13-15H2,1-9H3;15-16H,1-2H2,3-12H3. The Hall–Kier alpha value is -1.30. The molecule has 1 aliphatic carbocycles. The SMILES string of the molecule is C=C(C(C(=C)C(C)(C)C)C(C)C(C)(C)C)C(C)(C)C.CC(C)(C)CC1CCC(CC(C)(C)C)C(CC(C)(C)C)C1.CC(C)(C)Cc1ccc(CC(C)(C)C)c(CC(C)(C)C)c1. The molecule has 61 heavy (non-hydrogen) atoms. The summed E-state index contributed by atoms with van der Waals surface area (Å²) in [5, 5.41) is 0. The fourth-order valence-electron chi connectivity index (χ4n) is 9.70. The molecule has 4 unspecified atom stereocenters. The molecule has 2 rings (SSSR count). The normalized spacial score (nSPS) is 19.4. The van der Waals surface area contributed by atoms with Crippen LogP contribution in [0, 0.1) is 78.3 Å². The van der Waals surface area contributed by atoms with Crippen molar-refractivity contribution in [2.24, 2.45) is 78.3 Å². The molecule has 0 N–H and O–H groups in total. The van der Waals surface area contributed by atoms with Crippen LogP contribution in [0.15, 0.2) is 42.5 Å². The zero-order valence-electron chi connectivity index (χ0n) is 47.4. The maximum atomic E-state index is 4.43. The zero-order chi connectivity index (χ0) is 48.8. The second-order valence-corrected chi connectivity index (χ2v) is 31.0. The quantitative estimate of drug-likeness (QED) is 0.217. The Bertz CT molecular complexity index is 1430. The maximum Gasteiger partial charge on any atom is 0.00427 e. The summed E-state index contributed by atoms with van der Waals surface area (Å²) in [5.41, 5.74) is 10.2. The Balaban J connectivity index is 0.000000887. The number of benzene rings is 1. The van der Waals surface area contributed by atoms with Crippen molar-refractivity contribution in [1.29, 1.82) is 0 Å². The van der Waals surface area contributed by atoms with Crippen molar-refractivity contribution < 1.29 is 0 Å². The molecule has 0 aromatic heterocycles. The van der Waals surface area contributed by atoms with Gasteiger partial charge in [0.25, 0.3) is 0 Å². The lowest BCUT2D eigenvalue weighted by Crippen LogP contribution is -2.34. The van der Waals surface area contributed by atoms with E-state index in [0.29, 0.717) is 44.3 Å². The van der Waals surface area contributed by atoms with Gasteiger partial charge in [-0.2, -0.15) is 0 Å². The van der Waals surface area contributed by atoms with Crippen LogP contribution in [0.1, 0.15) is 249 Å². The topological polar surface area (TPSA) is 0 Å². The molecule has 1 aromatic rings. The molecule has 358 valence electrons. The molecule has 0 heterocycles. The van der Waals surface area contributed by atoms with Crippen LogP contribution >= 0.6 is 0 Å². The van der Waals surface area contributed by atoms with Crippen molar-refractivity contribution in [3.63, 3.8) is 0 Å². The molecule has 1 fully saturated rings. The second kappa shape index (κ2) is 21.8. The Morgan fingerprint density at radius 1 is 0.475 bits per heavy atom. The summed E-state index contributed by atoms with van der Waals surface area (Å²) in [6, 6.07) is 7.20. The van der Waals surface area contributed by atoms with Crippen molar-refractivity contribution in [2.45, 2.75) is 252 Å². The van der Waals surface area contributed by atoms with Gasteiger partial charge in [-0.05, 0) is 140 Å². The zero-order valence-corrected chi connectivity index (χ0v) is 47.4. The van der Waals surface area contributed by atoms with E-state index in [-0.39, 0.29) is 16.2 Å². The van der Waals surface area contributed by atoms with Gasteiger partial charge >= 0.3 is 0 Å². The minimum atomic E-state index is 0.123. The fraction of sp³-hybridized carbons (Fsp3) is 0.836. The second-order valence-electron chi connectivity index (χ2n) is 31.0. The Kier molecular flexibility index (Phi) is 21.3. The van der Waals surface area contributed by atoms with Crippen LogP contribution in [0.2, 0.25) is 0 Å². The predicted octanol–water partition coefficient (Wildman–Crippen LogP) is 20.3. The molecule has 0 nitrogen and oxygen atoms in total. The van der Waals surface area contributed by atoms with Crippen LogP contribution in [0.25, 0.3) is 0 Å². The number of hydrogen-bond acceptors (Lipinski definition) is 0. The predicted molar refractivity (Wildman–Crippen MR) is 282 cm³/mol. The minimum absolute atomic E-state index is 0.123. The van der Waals surface area contributed by atoms with Gasteiger partial charge in [0, 0.05) is 5.92 Å². The molecule has 0 saturated heterocycles. The fourth-order valence-corrected chi connectivity index (χ4v) is 9.70. The third-order valence-corrected chi connectivity index (χ3v) is 12.9. The van der Waals surface area contributed by atoms with E-state index in [1.54, 1.807) is 5.56 Å². The molecule has 1 saturated carbocycles. The highest BCUT2D eigenvalue weighted by atomic mass is 14.4. The van der Waals surface area contributed by atoms with E-state index in [9.17, 15) is 0 Å². The van der Waals surface area contributed by atoms with Gasteiger partial charge in [0.15, 0.2) is 0 Å². The van der Waals surface area contributed by atoms with E-state index >= 15 is 0 Å². The van der Waals surface area contributed by atoms with Crippen molar-refractivity contribution in [3.8, 4) is 0 Å². The van der Waals surface area contributed by atoms with E-state index in [4.69, 9.17) is 0 Å². The first-order valence-corrected chi connectivity index (χ1v) is 25.1. The van der Waals surface area contributed by atoms with Gasteiger partial charge in [-0.15, -0.1) is 0 Å². The summed E-state index contributed by atoms with van der Waals surface area (Å²) in [4.78, 5) is 0. The molecular formula is C61H114. The first-order valence-electron chi connectivity index (χ1n) is 25.1. The molecule has 0 bridgehead atoms. The molecule has 0 heteroatoms. The minimum Gasteiger partial charge on any atom is -0.0987 e. The average Bonchev–Trinajstić information content (AvgIpc) is 2.95. The summed E-state index contributed by atoms with van der Waals surface area (Å²) >= 11 is 0. The Morgan fingerprint density at radius 3 is 1.20 bits per heavy atom. The van der Waals surface area contributed by atoms with Crippen LogP contribution in [-0.4, -0.2) is 0 Å². The summed E-state index contributed by atoms with van der Waals surface area (Å²) in [7, 11) is 0. The van der Waals surface area contributed by atoms with Gasteiger partial charge in [-0.3, -0.25) is 0 Å². The van der Waals surface area contributed by atoms with Gasteiger partial charge in [-0.1, -0.05) is 243 Å². The summed E-state index contributed by atoms with van der Waals surface area (Å²) in [6.07, 6.45) is 12.1. The average molecular weight is 848 g/mol. The summed E-state index contributed by atoms with van der Waals surface area (Å²) in [6.45, 7) is 74.4. The largest absolute Gasteiger partial charge is 0.0987 e. The van der Waals surface area contributed by atoms with Gasteiger partial charge in [0.1, 0.15) is 0 Å². The lowest BCUT2D eigenvalue weighted by Gasteiger charge is -2.44. The van der Waals surface area contributed by atoms with Crippen molar-refractivity contribution in [3.05, 3.63) is 59.2 Å². The molecular weight excluding hydrogens is 733 g/mol. The third-order valence-electron chi connectivity index (χ3n) is 12.9. The van der Waals surface area contributed by atoms with Gasteiger partial charge < -0.3 is 0 Å². The number of hydrogen-bond donors (Lipinski definition) is 0. The highest BCUT2D eigenvalue weighted by Crippen LogP contribution is 2.49. The van der Waals surface area contributed by atoms with Crippen molar-refractivity contribution in [1.82, 2.24) is 0 Å². The highest BCUT2D eigenvalue weighted by Gasteiger charge is 2.39. The third kappa shape index (κ3) is 26.3. The van der Waals surface area contributed by atoms with Crippen molar-refractivity contribution in [2.75, 3.05) is 0 Å². The molecule has 4 atom stereocenters. The van der Waals surface area contributed by atoms with E-state index in [1.807, 2.05) is 0 Å². The van der Waals surface area contributed by atoms with Gasteiger partial charge in [-0.25, -0.2) is 0 Å². The van der Waals surface area contributed by atoms with E-state index < -0.39 is 0 Å². The maximum absolute atomic E-state index is 4.43. The van der Waals surface area contributed by atoms with Gasteiger partial charge in [0.2, 0.25) is 0 Å². The first-order chi connectivity index (χ1) is 26.6. The summed E-state index contributed by atoms with van der Waals surface area (Å²) in [5.74, 6) is 3.78. The molecule has 0 amide bonds. The Morgan fingerprint density at radius 2 is 0.852 bits per heavy atom. The molecule has 0 aliphatic heterocycles. The van der Waals surface area contributed by atoms with Crippen LogP contribution in [-0.2, 0) is 19.3 Å². The molecule has 1 aromatic carbocycles. The molecule has 0 spiro atoms. The monoisotopic (exact) mass is 847 g/mol.